The van der Waals surface area contributed by atoms with Gasteiger partial charge in [-0.3, -0.25) is 0 Å². The van der Waals surface area contributed by atoms with Gasteiger partial charge in [-0.2, -0.15) is 0 Å². The molecule has 5 heteroatoms. The first-order valence-corrected chi connectivity index (χ1v) is 2.97. The molecular formula is C5H10O5. The summed E-state index contributed by atoms with van der Waals surface area (Å²) in [6.45, 7) is -0.153. The number of aliphatic hydroxyl groups excluding tert-OH is 4. The molecule has 1 fully saturated rings. The van der Waals surface area contributed by atoms with E-state index in [1.165, 1.54) is 0 Å². The Balaban J connectivity index is 2.52. The quantitative estimate of drug-likeness (QED) is 0.304. The Hall–Kier alpha value is -0.200. The van der Waals surface area contributed by atoms with Crippen LogP contribution < -0.4 is 0 Å². The van der Waals surface area contributed by atoms with E-state index in [9.17, 15) is 0 Å². The molecule has 0 aromatic heterocycles. The van der Waals surface area contributed by atoms with Gasteiger partial charge >= 0.3 is 0 Å². The first-order chi connectivity index (χ1) is 4.63. The highest BCUT2D eigenvalue weighted by atomic mass is 16.6. The van der Waals surface area contributed by atoms with Crippen molar-refractivity contribution in [3.8, 4) is 0 Å². The Labute approximate surface area is 57.5 Å². The van der Waals surface area contributed by atoms with Crippen molar-refractivity contribution in [3.63, 3.8) is 0 Å². The molecule has 0 aromatic carbocycles. The molecule has 60 valence electrons. The second-order valence-corrected chi connectivity index (χ2v) is 2.27. The number of aliphatic hydroxyl groups is 4. The molecule has 4 N–H and O–H groups in total. The van der Waals surface area contributed by atoms with Gasteiger partial charge < -0.3 is 25.2 Å². The largest absolute Gasteiger partial charge is 0.388 e. The molecule has 1 aliphatic heterocycles. The van der Waals surface area contributed by atoms with Crippen molar-refractivity contribution in [1.82, 2.24) is 0 Å². The van der Waals surface area contributed by atoms with Crippen molar-refractivity contribution < 1.29 is 25.2 Å². The minimum absolute atomic E-state index is 0.153. The van der Waals surface area contributed by atoms with Crippen LogP contribution in [0.5, 0.6) is 0 Å². The third kappa shape index (κ3) is 1.28. The molecule has 5 nitrogen and oxygen atoms in total. The van der Waals surface area contributed by atoms with Crippen LogP contribution in [0.15, 0.2) is 0 Å². The van der Waals surface area contributed by atoms with Crippen LogP contribution in [-0.4, -0.2) is 51.6 Å². The Kier molecular flexibility index (Phi) is 2.22. The van der Waals surface area contributed by atoms with Crippen LogP contribution in [-0.2, 0) is 4.74 Å². The van der Waals surface area contributed by atoms with Crippen molar-refractivity contribution >= 4 is 0 Å². The van der Waals surface area contributed by atoms with Gasteiger partial charge in [-0.05, 0) is 0 Å². The van der Waals surface area contributed by atoms with Crippen molar-refractivity contribution in [2.24, 2.45) is 0 Å². The maximum absolute atomic E-state index is 8.88. The normalized spacial score (nSPS) is 49.2. The van der Waals surface area contributed by atoms with Crippen molar-refractivity contribution in [2.75, 3.05) is 6.61 Å². The molecular weight excluding hydrogens is 140 g/mol. The molecule has 0 spiro atoms. The zero-order valence-electron chi connectivity index (χ0n) is 5.21. The average Bonchev–Trinajstić information content (AvgIpc) is 1.93. The molecule has 0 aliphatic carbocycles. The van der Waals surface area contributed by atoms with Gasteiger partial charge in [-0.25, -0.2) is 0 Å². The van der Waals surface area contributed by atoms with Gasteiger partial charge in [0, 0.05) is 0 Å². The average molecular weight is 150 g/mol. The molecule has 0 amide bonds. The second kappa shape index (κ2) is 2.81. The molecule has 0 bridgehead atoms. The minimum Gasteiger partial charge on any atom is -0.388 e. The van der Waals surface area contributed by atoms with E-state index in [1.807, 2.05) is 0 Å². The Bertz CT molecular complexity index is 103. The fourth-order valence-electron chi connectivity index (χ4n) is 0.791. The van der Waals surface area contributed by atoms with E-state index in [4.69, 9.17) is 20.4 Å². The van der Waals surface area contributed by atoms with Crippen molar-refractivity contribution in [2.45, 2.75) is 24.6 Å². The summed E-state index contributed by atoms with van der Waals surface area (Å²) in [4.78, 5) is 0. The highest BCUT2D eigenvalue weighted by molar-refractivity contribution is 4.81. The van der Waals surface area contributed by atoms with Gasteiger partial charge in [0.1, 0.15) is 18.3 Å². The summed E-state index contributed by atoms with van der Waals surface area (Å²) in [7, 11) is 0. The van der Waals surface area contributed by atoms with Crippen LogP contribution in [0.3, 0.4) is 0 Å². The smallest absolute Gasteiger partial charge is 0.183 e. The Morgan fingerprint density at radius 3 is 2.10 bits per heavy atom. The molecule has 1 aliphatic rings. The predicted molar refractivity (Wildman–Crippen MR) is 30.0 cm³/mol. The van der Waals surface area contributed by atoms with Crippen LogP contribution in [0.4, 0.5) is 0 Å². The highest BCUT2D eigenvalue weighted by Gasteiger charge is 2.36. The first kappa shape index (κ1) is 7.90. The van der Waals surface area contributed by atoms with Crippen LogP contribution >= 0.6 is 0 Å². The van der Waals surface area contributed by atoms with Crippen molar-refractivity contribution in [3.05, 3.63) is 0 Å². The molecule has 1 heterocycles. The number of hydrogen-bond acceptors (Lipinski definition) is 5. The first-order valence-electron chi connectivity index (χ1n) is 2.97. The molecule has 0 aromatic rings. The van der Waals surface area contributed by atoms with Gasteiger partial charge in [0.25, 0.3) is 0 Å². The molecule has 2 unspecified atom stereocenters. The van der Waals surface area contributed by atoms with Crippen molar-refractivity contribution in [1.29, 1.82) is 0 Å². The number of rotatable bonds is 0. The third-order valence-corrected chi connectivity index (χ3v) is 1.47. The zero-order chi connectivity index (χ0) is 7.72. The monoisotopic (exact) mass is 150 g/mol. The summed E-state index contributed by atoms with van der Waals surface area (Å²) < 4.78 is 4.47. The summed E-state index contributed by atoms with van der Waals surface area (Å²) in [5, 5.41) is 35.3. The van der Waals surface area contributed by atoms with E-state index in [2.05, 4.69) is 4.74 Å². The van der Waals surface area contributed by atoms with Crippen LogP contribution in [0.2, 0.25) is 0 Å². The molecule has 1 saturated heterocycles. The highest BCUT2D eigenvalue weighted by Crippen LogP contribution is 2.12. The summed E-state index contributed by atoms with van der Waals surface area (Å²) >= 11 is 0. The van der Waals surface area contributed by atoms with Crippen LogP contribution in [0, 0.1) is 0 Å². The van der Waals surface area contributed by atoms with Gasteiger partial charge in [0.15, 0.2) is 6.29 Å². The summed E-state index contributed by atoms with van der Waals surface area (Å²) in [6.07, 6.45) is -5.23. The Morgan fingerprint density at radius 1 is 1.00 bits per heavy atom. The molecule has 4 atom stereocenters. The fourth-order valence-corrected chi connectivity index (χ4v) is 0.791. The van der Waals surface area contributed by atoms with E-state index in [0.717, 1.165) is 0 Å². The molecule has 0 radical (unpaired) electrons. The lowest BCUT2D eigenvalue weighted by Crippen LogP contribution is -2.52. The number of hydrogen-bond donors (Lipinski definition) is 4. The summed E-state index contributed by atoms with van der Waals surface area (Å²) in [6, 6.07) is 0. The lowest BCUT2D eigenvalue weighted by molar-refractivity contribution is -0.252. The lowest BCUT2D eigenvalue weighted by atomic mass is 10.1. The predicted octanol–water partition coefficient (Wildman–Crippen LogP) is -2.58. The minimum atomic E-state index is -1.41. The second-order valence-electron chi connectivity index (χ2n) is 2.27. The van der Waals surface area contributed by atoms with E-state index in [-0.39, 0.29) is 6.61 Å². The zero-order valence-corrected chi connectivity index (χ0v) is 5.21. The maximum Gasteiger partial charge on any atom is 0.183 e. The lowest BCUT2D eigenvalue weighted by Gasteiger charge is -2.31. The van der Waals surface area contributed by atoms with Gasteiger partial charge in [0.2, 0.25) is 0 Å². The Morgan fingerprint density at radius 2 is 1.60 bits per heavy atom. The fraction of sp³-hybridized carbons (Fsp3) is 1.00. The van der Waals surface area contributed by atoms with Gasteiger partial charge in [0.05, 0.1) is 6.61 Å². The van der Waals surface area contributed by atoms with Gasteiger partial charge in [-0.1, -0.05) is 0 Å². The third-order valence-electron chi connectivity index (χ3n) is 1.47. The number of ether oxygens (including phenoxy) is 1. The van der Waals surface area contributed by atoms with Crippen LogP contribution in [0.1, 0.15) is 0 Å². The van der Waals surface area contributed by atoms with Gasteiger partial charge in [-0.15, -0.1) is 0 Å². The summed E-state index contributed by atoms with van der Waals surface area (Å²) in [5.41, 5.74) is 0. The summed E-state index contributed by atoms with van der Waals surface area (Å²) in [5.74, 6) is 0. The van der Waals surface area contributed by atoms with E-state index in [1.54, 1.807) is 0 Å². The van der Waals surface area contributed by atoms with E-state index < -0.39 is 24.6 Å². The standard InChI is InChI=1S/C5H10O5/c6-2-1-10-5(9)4(8)3(2)7/h2-9H,1H2/t2-,3?,4?,5+/m0/s1. The van der Waals surface area contributed by atoms with Crippen LogP contribution in [0.25, 0.3) is 0 Å². The molecule has 10 heavy (non-hydrogen) atoms. The van der Waals surface area contributed by atoms with E-state index in [0.29, 0.717) is 0 Å². The van der Waals surface area contributed by atoms with E-state index >= 15 is 0 Å². The molecule has 1 rings (SSSR count). The topological polar surface area (TPSA) is 90.2 Å². The maximum atomic E-state index is 8.88. The molecule has 0 saturated carbocycles. The SMILES string of the molecule is OC1C(O)[C@@H](O)CO[C@H]1O.